The molecule has 6 heteroatoms. The van der Waals surface area contributed by atoms with Gasteiger partial charge in [-0.25, -0.2) is 4.79 Å². The minimum Gasteiger partial charge on any atom is -0.465 e. The fraction of sp³-hybridized carbons (Fsp3) is 0.167. The van der Waals surface area contributed by atoms with E-state index in [2.05, 4.69) is 10.7 Å². The Hall–Kier alpha value is -2.66. The van der Waals surface area contributed by atoms with Crippen molar-refractivity contribution in [3.8, 4) is 0 Å². The number of nitrogens with one attached hydrogen (secondary N) is 2. The Labute approximate surface area is 145 Å². The average molecular weight is 344 g/mol. The molecule has 0 saturated carbocycles. The Morgan fingerprint density at radius 2 is 2.04 bits per heavy atom. The minimum absolute atomic E-state index is 0.351. The van der Waals surface area contributed by atoms with Gasteiger partial charge in [-0.15, -0.1) is 0 Å². The van der Waals surface area contributed by atoms with E-state index in [-0.39, 0.29) is 5.97 Å². The number of benzene rings is 2. The molecule has 2 N–H and O–H groups in total. The summed E-state index contributed by atoms with van der Waals surface area (Å²) in [5.41, 5.74) is 7.66. The largest absolute Gasteiger partial charge is 0.465 e. The standard InChI is InChI=1S/C18H18ClN3O2/c1-12-17(13-5-3-6-14(9-13)18(23)24-2)22(11-20-12)21-16-8-4-7-15(19)10-16/h3-10,20-21H,11H2,1-2H3. The molecule has 0 atom stereocenters. The minimum atomic E-state index is -0.351. The predicted octanol–water partition coefficient (Wildman–Crippen LogP) is 3.70. The Kier molecular flexibility index (Phi) is 4.62. The van der Waals surface area contributed by atoms with E-state index in [0.717, 1.165) is 22.6 Å². The highest BCUT2D eigenvalue weighted by molar-refractivity contribution is 6.30. The van der Waals surface area contributed by atoms with Gasteiger partial charge in [-0.2, -0.15) is 0 Å². The van der Waals surface area contributed by atoms with Crippen molar-refractivity contribution in [1.29, 1.82) is 0 Å². The second-order valence-electron chi connectivity index (χ2n) is 5.43. The molecule has 1 aliphatic rings. The van der Waals surface area contributed by atoms with Crippen LogP contribution in [0.15, 0.2) is 54.2 Å². The number of methoxy groups -OCH3 is 1. The van der Waals surface area contributed by atoms with Gasteiger partial charge in [-0.1, -0.05) is 29.8 Å². The summed E-state index contributed by atoms with van der Waals surface area (Å²) in [6.45, 7) is 2.61. The van der Waals surface area contributed by atoms with Crippen molar-refractivity contribution >= 4 is 29.0 Å². The van der Waals surface area contributed by atoms with Gasteiger partial charge < -0.3 is 10.1 Å². The molecule has 0 radical (unpaired) electrons. The van der Waals surface area contributed by atoms with E-state index >= 15 is 0 Å². The number of ether oxygens (including phenoxy) is 1. The van der Waals surface area contributed by atoms with E-state index < -0.39 is 0 Å². The average Bonchev–Trinajstić information content (AvgIpc) is 2.94. The molecular formula is C18H18ClN3O2. The molecule has 5 nitrogen and oxygen atoms in total. The van der Waals surface area contributed by atoms with Gasteiger partial charge >= 0.3 is 5.97 Å². The first kappa shape index (κ1) is 16.2. The number of anilines is 1. The van der Waals surface area contributed by atoms with Gasteiger partial charge in [0.15, 0.2) is 0 Å². The Morgan fingerprint density at radius 3 is 2.79 bits per heavy atom. The number of carbonyl (C=O) groups excluding carboxylic acids is 1. The SMILES string of the molecule is COC(=O)c1cccc(C2=C(C)NCN2Nc2cccc(Cl)c2)c1. The van der Waals surface area contributed by atoms with Crippen LogP contribution in [0.2, 0.25) is 5.02 Å². The smallest absolute Gasteiger partial charge is 0.337 e. The second kappa shape index (κ2) is 6.84. The lowest BCUT2D eigenvalue weighted by molar-refractivity contribution is 0.0600. The van der Waals surface area contributed by atoms with Crippen LogP contribution in [0.4, 0.5) is 5.69 Å². The van der Waals surface area contributed by atoms with Gasteiger partial charge in [0, 0.05) is 16.3 Å². The summed E-state index contributed by atoms with van der Waals surface area (Å²) in [5, 5.41) is 5.96. The van der Waals surface area contributed by atoms with Crippen molar-refractivity contribution in [2.45, 2.75) is 6.92 Å². The maximum absolute atomic E-state index is 11.8. The number of esters is 1. The lowest BCUT2D eigenvalue weighted by Gasteiger charge is -2.24. The molecule has 0 amide bonds. The van der Waals surface area contributed by atoms with Gasteiger partial charge in [0.1, 0.15) is 6.67 Å². The van der Waals surface area contributed by atoms with Gasteiger partial charge in [0.05, 0.1) is 24.1 Å². The van der Waals surface area contributed by atoms with Crippen LogP contribution >= 0.6 is 11.6 Å². The van der Waals surface area contributed by atoms with E-state index in [1.165, 1.54) is 7.11 Å². The van der Waals surface area contributed by atoms with Crippen LogP contribution in [0.3, 0.4) is 0 Å². The molecule has 0 aromatic heterocycles. The predicted molar refractivity (Wildman–Crippen MR) is 95.3 cm³/mol. The fourth-order valence-electron chi connectivity index (χ4n) is 2.66. The van der Waals surface area contributed by atoms with Gasteiger partial charge in [-0.05, 0) is 37.3 Å². The van der Waals surface area contributed by atoms with Gasteiger partial charge in [0.25, 0.3) is 0 Å². The molecule has 0 fully saturated rings. The molecule has 3 rings (SSSR count). The summed E-state index contributed by atoms with van der Waals surface area (Å²) >= 11 is 6.05. The van der Waals surface area contributed by atoms with E-state index in [1.807, 2.05) is 54.4 Å². The van der Waals surface area contributed by atoms with E-state index in [1.54, 1.807) is 6.07 Å². The van der Waals surface area contributed by atoms with Crippen molar-refractivity contribution in [3.05, 3.63) is 70.4 Å². The third-order valence-electron chi connectivity index (χ3n) is 3.77. The van der Waals surface area contributed by atoms with Crippen molar-refractivity contribution in [2.24, 2.45) is 0 Å². The molecule has 0 unspecified atom stereocenters. The summed E-state index contributed by atoms with van der Waals surface area (Å²) < 4.78 is 4.80. The number of nitrogens with zero attached hydrogens (tertiary/aromatic N) is 1. The van der Waals surface area contributed by atoms with Gasteiger partial charge in [0.2, 0.25) is 0 Å². The summed E-state index contributed by atoms with van der Waals surface area (Å²) in [4.78, 5) is 11.8. The summed E-state index contributed by atoms with van der Waals surface area (Å²) in [5.74, 6) is -0.351. The number of hydrazine groups is 1. The number of allylic oxidation sites excluding steroid dienone is 1. The second-order valence-corrected chi connectivity index (χ2v) is 5.87. The summed E-state index contributed by atoms with van der Waals surface area (Å²) in [7, 11) is 1.38. The number of halogens is 1. The van der Waals surface area contributed by atoms with Crippen LogP contribution < -0.4 is 10.7 Å². The normalized spacial score (nSPS) is 13.7. The molecule has 24 heavy (non-hydrogen) atoms. The van der Waals surface area contributed by atoms with Crippen molar-refractivity contribution in [2.75, 3.05) is 19.2 Å². The maximum Gasteiger partial charge on any atom is 0.337 e. The highest BCUT2D eigenvalue weighted by Gasteiger charge is 2.22. The molecule has 0 spiro atoms. The lowest BCUT2D eigenvalue weighted by Crippen LogP contribution is -2.29. The fourth-order valence-corrected chi connectivity index (χ4v) is 2.85. The molecule has 2 aromatic carbocycles. The Bertz CT molecular complexity index is 804. The van der Waals surface area contributed by atoms with Crippen molar-refractivity contribution < 1.29 is 9.53 Å². The van der Waals surface area contributed by atoms with Crippen LogP contribution in [0.25, 0.3) is 5.70 Å². The topological polar surface area (TPSA) is 53.6 Å². The first-order valence-corrected chi connectivity index (χ1v) is 7.89. The number of rotatable bonds is 4. The third kappa shape index (κ3) is 3.31. The highest BCUT2D eigenvalue weighted by Crippen LogP contribution is 2.28. The van der Waals surface area contributed by atoms with E-state index in [4.69, 9.17) is 16.3 Å². The van der Waals surface area contributed by atoms with Gasteiger partial charge in [-0.3, -0.25) is 10.4 Å². The zero-order valence-corrected chi connectivity index (χ0v) is 14.2. The molecule has 1 aliphatic heterocycles. The van der Waals surface area contributed by atoms with Crippen LogP contribution in [0, 0.1) is 0 Å². The molecule has 0 bridgehead atoms. The summed E-state index contributed by atoms with van der Waals surface area (Å²) in [6.07, 6.45) is 0. The molecule has 1 heterocycles. The Balaban J connectivity index is 1.90. The monoisotopic (exact) mass is 343 g/mol. The van der Waals surface area contributed by atoms with Crippen LogP contribution in [0.1, 0.15) is 22.8 Å². The molecular weight excluding hydrogens is 326 g/mol. The lowest BCUT2D eigenvalue weighted by atomic mass is 10.1. The number of hydrogen-bond donors (Lipinski definition) is 2. The third-order valence-corrected chi connectivity index (χ3v) is 4.01. The van der Waals surface area contributed by atoms with Crippen LogP contribution in [0.5, 0.6) is 0 Å². The van der Waals surface area contributed by atoms with Crippen molar-refractivity contribution in [3.63, 3.8) is 0 Å². The maximum atomic E-state index is 11.8. The molecule has 124 valence electrons. The first-order valence-electron chi connectivity index (χ1n) is 7.52. The zero-order chi connectivity index (χ0) is 17.1. The highest BCUT2D eigenvalue weighted by atomic mass is 35.5. The van der Waals surface area contributed by atoms with Crippen LogP contribution in [-0.2, 0) is 4.74 Å². The first-order chi connectivity index (χ1) is 11.6. The zero-order valence-electron chi connectivity index (χ0n) is 13.5. The van der Waals surface area contributed by atoms with Crippen molar-refractivity contribution in [1.82, 2.24) is 10.3 Å². The van der Waals surface area contributed by atoms with E-state index in [0.29, 0.717) is 17.3 Å². The molecule has 2 aromatic rings. The van der Waals surface area contributed by atoms with Crippen LogP contribution in [-0.4, -0.2) is 24.8 Å². The number of hydrogen-bond acceptors (Lipinski definition) is 5. The number of carbonyl (C=O) groups is 1. The quantitative estimate of drug-likeness (QED) is 0.829. The summed E-state index contributed by atoms with van der Waals surface area (Å²) in [6, 6.07) is 14.9. The van der Waals surface area contributed by atoms with E-state index in [9.17, 15) is 4.79 Å². The molecule has 0 saturated heterocycles. The molecule has 0 aliphatic carbocycles. The Morgan fingerprint density at radius 1 is 1.25 bits per heavy atom.